The average molecular weight is 290 g/mol. The molecule has 1 aromatic heterocycles. The Hall–Kier alpha value is -1.39. The summed E-state index contributed by atoms with van der Waals surface area (Å²) < 4.78 is 0. The summed E-state index contributed by atoms with van der Waals surface area (Å²) in [6.07, 6.45) is 0. The molecule has 4 heteroatoms. The van der Waals surface area contributed by atoms with Gasteiger partial charge in [-0.3, -0.25) is 9.69 Å². The zero-order chi connectivity index (χ0) is 14.8. The first-order chi connectivity index (χ1) is 9.36. The van der Waals surface area contributed by atoms with Crippen LogP contribution in [0.4, 0.5) is 0 Å². The summed E-state index contributed by atoms with van der Waals surface area (Å²) >= 11 is 1.33. The van der Waals surface area contributed by atoms with Crippen molar-refractivity contribution in [1.29, 1.82) is 0 Å². The van der Waals surface area contributed by atoms with E-state index in [1.165, 1.54) is 16.9 Å². The van der Waals surface area contributed by atoms with E-state index >= 15 is 0 Å². The molecule has 0 aliphatic carbocycles. The molecule has 0 radical (unpaired) electrons. The van der Waals surface area contributed by atoms with Crippen molar-refractivity contribution in [3.8, 4) is 0 Å². The summed E-state index contributed by atoms with van der Waals surface area (Å²) in [7, 11) is 2.09. The molecule has 0 atom stereocenters. The fraction of sp³-hybridized carbons (Fsp3) is 0.438. The lowest BCUT2D eigenvalue weighted by molar-refractivity contribution is 0.319. The van der Waals surface area contributed by atoms with Crippen LogP contribution in [0.25, 0.3) is 0 Å². The monoisotopic (exact) mass is 290 g/mol. The summed E-state index contributed by atoms with van der Waals surface area (Å²) in [6, 6.07) is 10.4. The molecule has 1 heterocycles. The topological polar surface area (TPSA) is 36.1 Å². The zero-order valence-corrected chi connectivity index (χ0v) is 13.4. The van der Waals surface area contributed by atoms with Crippen LogP contribution in [-0.2, 0) is 18.5 Å². The first kappa shape index (κ1) is 15.0. The third-order valence-corrected chi connectivity index (χ3v) is 4.05. The molecular formula is C16H22N2OS. The molecule has 0 fully saturated rings. The molecular weight excluding hydrogens is 268 g/mol. The molecule has 0 saturated carbocycles. The molecule has 0 saturated heterocycles. The molecule has 0 unspecified atom stereocenters. The first-order valence-electron chi connectivity index (χ1n) is 6.81. The summed E-state index contributed by atoms with van der Waals surface area (Å²) in [4.78, 5) is 18.1. The SMILES string of the molecule is CN(Cc1ccccc1)Cc1sc(=O)[nH]c1C(C)(C)C. The molecule has 2 aromatic rings. The summed E-state index contributed by atoms with van der Waals surface area (Å²) in [5, 5.41) is 0. The van der Waals surface area contributed by atoms with Gasteiger partial charge in [-0.1, -0.05) is 62.4 Å². The summed E-state index contributed by atoms with van der Waals surface area (Å²) in [5.41, 5.74) is 2.32. The van der Waals surface area contributed by atoms with Crippen LogP contribution in [0.3, 0.4) is 0 Å². The van der Waals surface area contributed by atoms with E-state index in [0.29, 0.717) is 0 Å². The van der Waals surface area contributed by atoms with Gasteiger partial charge in [0, 0.05) is 29.1 Å². The molecule has 0 spiro atoms. The lowest BCUT2D eigenvalue weighted by Gasteiger charge is -2.21. The van der Waals surface area contributed by atoms with Crippen molar-refractivity contribution in [1.82, 2.24) is 9.88 Å². The van der Waals surface area contributed by atoms with Crippen LogP contribution in [0.2, 0.25) is 0 Å². The van der Waals surface area contributed by atoms with Gasteiger partial charge in [0.15, 0.2) is 0 Å². The van der Waals surface area contributed by atoms with Crippen molar-refractivity contribution >= 4 is 11.3 Å². The number of aromatic amines is 1. The van der Waals surface area contributed by atoms with Gasteiger partial charge in [0.1, 0.15) is 0 Å². The van der Waals surface area contributed by atoms with E-state index in [4.69, 9.17) is 0 Å². The van der Waals surface area contributed by atoms with Gasteiger partial charge in [0.25, 0.3) is 0 Å². The Morgan fingerprint density at radius 3 is 2.40 bits per heavy atom. The maximum absolute atomic E-state index is 11.6. The maximum Gasteiger partial charge on any atom is 0.305 e. The minimum Gasteiger partial charge on any atom is -0.316 e. The highest BCUT2D eigenvalue weighted by molar-refractivity contribution is 7.09. The number of thiazole rings is 1. The lowest BCUT2D eigenvalue weighted by Crippen LogP contribution is -2.21. The normalized spacial score (nSPS) is 12.1. The third-order valence-electron chi connectivity index (χ3n) is 3.18. The Kier molecular flexibility index (Phi) is 4.45. The van der Waals surface area contributed by atoms with Crippen LogP contribution in [-0.4, -0.2) is 16.9 Å². The fourth-order valence-corrected chi connectivity index (χ4v) is 3.39. The van der Waals surface area contributed by atoms with Crippen LogP contribution < -0.4 is 4.87 Å². The number of nitrogens with one attached hydrogen (secondary N) is 1. The van der Waals surface area contributed by atoms with E-state index < -0.39 is 0 Å². The molecule has 20 heavy (non-hydrogen) atoms. The molecule has 1 N–H and O–H groups in total. The van der Waals surface area contributed by atoms with E-state index in [9.17, 15) is 4.79 Å². The second-order valence-electron chi connectivity index (χ2n) is 6.22. The average Bonchev–Trinajstić information content (AvgIpc) is 2.71. The van der Waals surface area contributed by atoms with Gasteiger partial charge in [-0.25, -0.2) is 0 Å². The van der Waals surface area contributed by atoms with Crippen LogP contribution in [0.15, 0.2) is 35.1 Å². The van der Waals surface area contributed by atoms with Crippen molar-refractivity contribution < 1.29 is 0 Å². The minimum absolute atomic E-state index is 0.0257. The third kappa shape index (κ3) is 3.81. The maximum atomic E-state index is 11.6. The van der Waals surface area contributed by atoms with Gasteiger partial charge in [0.05, 0.1) is 0 Å². The van der Waals surface area contributed by atoms with E-state index in [0.717, 1.165) is 23.7 Å². The molecule has 1 aromatic carbocycles. The van der Waals surface area contributed by atoms with E-state index in [2.05, 4.69) is 62.0 Å². The predicted molar refractivity (Wildman–Crippen MR) is 85.3 cm³/mol. The number of nitrogens with zero attached hydrogens (tertiary/aromatic N) is 1. The minimum atomic E-state index is -0.0257. The quantitative estimate of drug-likeness (QED) is 0.937. The highest BCUT2D eigenvalue weighted by Gasteiger charge is 2.22. The second-order valence-corrected chi connectivity index (χ2v) is 7.29. The standard InChI is InChI=1S/C16H22N2OS/c1-16(2,3)14-13(20-15(19)17-14)11-18(4)10-12-8-6-5-7-9-12/h5-9H,10-11H2,1-4H3,(H,17,19). The molecule has 2 rings (SSSR count). The highest BCUT2D eigenvalue weighted by Crippen LogP contribution is 2.26. The largest absolute Gasteiger partial charge is 0.316 e. The van der Waals surface area contributed by atoms with Crippen molar-refractivity contribution in [2.75, 3.05) is 7.05 Å². The smallest absolute Gasteiger partial charge is 0.305 e. The van der Waals surface area contributed by atoms with Gasteiger partial charge in [0.2, 0.25) is 0 Å². The number of hydrogen-bond donors (Lipinski definition) is 1. The molecule has 0 amide bonds. The Morgan fingerprint density at radius 1 is 1.15 bits per heavy atom. The van der Waals surface area contributed by atoms with E-state index in [-0.39, 0.29) is 10.3 Å². The molecule has 0 bridgehead atoms. The number of H-pyrrole nitrogens is 1. The number of benzene rings is 1. The van der Waals surface area contributed by atoms with Gasteiger partial charge in [-0.15, -0.1) is 0 Å². The van der Waals surface area contributed by atoms with Crippen molar-refractivity contribution in [3.05, 3.63) is 56.1 Å². The molecule has 3 nitrogen and oxygen atoms in total. The fourth-order valence-electron chi connectivity index (χ4n) is 2.27. The van der Waals surface area contributed by atoms with Crippen LogP contribution >= 0.6 is 11.3 Å². The number of aromatic nitrogens is 1. The Bertz CT molecular complexity index is 607. The van der Waals surface area contributed by atoms with Gasteiger partial charge < -0.3 is 4.98 Å². The van der Waals surface area contributed by atoms with Crippen molar-refractivity contribution in [2.24, 2.45) is 0 Å². The van der Waals surface area contributed by atoms with Crippen LogP contribution in [0, 0.1) is 0 Å². The Labute approximate surface area is 124 Å². The summed E-state index contributed by atoms with van der Waals surface area (Å²) in [5.74, 6) is 0. The number of hydrogen-bond acceptors (Lipinski definition) is 3. The summed E-state index contributed by atoms with van der Waals surface area (Å²) in [6.45, 7) is 8.07. The Balaban J connectivity index is 2.12. The molecule has 0 aliphatic heterocycles. The van der Waals surface area contributed by atoms with Crippen LogP contribution in [0.1, 0.15) is 36.9 Å². The number of rotatable bonds is 4. The molecule has 0 aliphatic rings. The van der Waals surface area contributed by atoms with Crippen molar-refractivity contribution in [3.63, 3.8) is 0 Å². The van der Waals surface area contributed by atoms with E-state index in [1.807, 2.05) is 6.07 Å². The van der Waals surface area contributed by atoms with Gasteiger partial charge in [-0.05, 0) is 12.6 Å². The van der Waals surface area contributed by atoms with Gasteiger partial charge in [-0.2, -0.15) is 0 Å². The Morgan fingerprint density at radius 2 is 1.80 bits per heavy atom. The van der Waals surface area contributed by atoms with Gasteiger partial charge >= 0.3 is 4.87 Å². The van der Waals surface area contributed by atoms with Crippen LogP contribution in [0.5, 0.6) is 0 Å². The zero-order valence-electron chi connectivity index (χ0n) is 12.6. The first-order valence-corrected chi connectivity index (χ1v) is 7.63. The highest BCUT2D eigenvalue weighted by atomic mass is 32.1. The van der Waals surface area contributed by atoms with Crippen molar-refractivity contribution in [2.45, 2.75) is 39.3 Å². The lowest BCUT2D eigenvalue weighted by atomic mass is 9.91. The predicted octanol–water partition coefficient (Wildman–Crippen LogP) is 3.37. The molecule has 108 valence electrons. The second kappa shape index (κ2) is 5.94. The van der Waals surface area contributed by atoms with E-state index in [1.54, 1.807) is 0 Å².